The van der Waals surface area contributed by atoms with Gasteiger partial charge in [0.25, 0.3) is 0 Å². The first-order valence-electron chi connectivity index (χ1n) is 5.13. The van der Waals surface area contributed by atoms with Crippen LogP contribution in [0.4, 0.5) is 0 Å². The molecule has 0 aliphatic carbocycles. The second kappa shape index (κ2) is 5.65. The van der Waals surface area contributed by atoms with E-state index in [1.807, 2.05) is 20.8 Å². The molecular weight excluding hydrogens is 228 g/mol. The van der Waals surface area contributed by atoms with Crippen LogP contribution in [-0.4, -0.2) is 38.9 Å². The zero-order valence-corrected chi connectivity index (χ0v) is 10.6. The molecule has 92 valence electrons. The van der Waals surface area contributed by atoms with Gasteiger partial charge in [0.15, 0.2) is 0 Å². The molecule has 1 aromatic heterocycles. The number of nitrogens with zero attached hydrogens (tertiary/aromatic N) is 2. The molecule has 1 rings (SSSR count). The molecule has 0 saturated carbocycles. The minimum atomic E-state index is -0.685. The molecule has 2 N–H and O–H groups in total. The minimum absolute atomic E-state index is 0.138. The summed E-state index contributed by atoms with van der Waals surface area (Å²) >= 11 is 1.46. The summed E-state index contributed by atoms with van der Waals surface area (Å²) in [6.07, 6.45) is -0.685. The molecule has 0 aliphatic heterocycles. The highest BCUT2D eigenvalue weighted by atomic mass is 32.2. The quantitative estimate of drug-likeness (QED) is 0.805. The molecule has 0 aromatic carbocycles. The number of aliphatic hydroxyl groups is 2. The summed E-state index contributed by atoms with van der Waals surface area (Å²) in [6.45, 7) is 5.80. The zero-order chi connectivity index (χ0) is 12.2. The molecule has 0 fully saturated rings. The average molecular weight is 246 g/mol. The lowest BCUT2D eigenvalue weighted by atomic mass is 9.97. The van der Waals surface area contributed by atoms with Gasteiger partial charge in [0, 0.05) is 11.2 Å². The van der Waals surface area contributed by atoms with Crippen molar-refractivity contribution in [3.05, 3.63) is 11.8 Å². The van der Waals surface area contributed by atoms with E-state index in [4.69, 9.17) is 14.6 Å². The average Bonchev–Trinajstić information content (AvgIpc) is 2.65. The summed E-state index contributed by atoms with van der Waals surface area (Å²) in [6, 6.07) is 0. The molecule has 0 amide bonds. The van der Waals surface area contributed by atoms with Crippen molar-refractivity contribution >= 4 is 11.8 Å². The van der Waals surface area contributed by atoms with E-state index in [2.05, 4.69) is 10.2 Å². The molecule has 16 heavy (non-hydrogen) atoms. The summed E-state index contributed by atoms with van der Waals surface area (Å²) in [5, 5.41) is 25.6. The first-order valence-corrected chi connectivity index (χ1v) is 6.28. The van der Waals surface area contributed by atoms with Crippen molar-refractivity contribution in [3.8, 4) is 0 Å². The lowest BCUT2D eigenvalue weighted by molar-refractivity contribution is 0.113. The fourth-order valence-corrected chi connectivity index (χ4v) is 1.74. The Labute approximate surface area is 99.3 Å². The van der Waals surface area contributed by atoms with Crippen molar-refractivity contribution in [1.82, 2.24) is 10.2 Å². The largest absolute Gasteiger partial charge is 0.424 e. The van der Waals surface area contributed by atoms with Crippen LogP contribution in [0.1, 0.15) is 32.6 Å². The van der Waals surface area contributed by atoms with Crippen molar-refractivity contribution in [2.75, 3.05) is 12.4 Å². The Balaban J connectivity index is 2.41. The van der Waals surface area contributed by atoms with E-state index in [1.165, 1.54) is 11.8 Å². The van der Waals surface area contributed by atoms with Crippen LogP contribution in [-0.2, 0) is 11.2 Å². The molecule has 0 saturated heterocycles. The van der Waals surface area contributed by atoms with Gasteiger partial charge in [0.05, 0.1) is 18.5 Å². The van der Waals surface area contributed by atoms with Gasteiger partial charge in [0.2, 0.25) is 11.8 Å². The van der Waals surface area contributed by atoms with Gasteiger partial charge in [-0.15, -0.1) is 22.0 Å². The van der Waals surface area contributed by atoms with Gasteiger partial charge in [-0.3, -0.25) is 0 Å². The summed E-state index contributed by atoms with van der Waals surface area (Å²) in [4.78, 5) is 0. The van der Waals surface area contributed by atoms with Crippen LogP contribution in [0.15, 0.2) is 4.42 Å². The normalized spacial score (nSPS) is 14.1. The Hall–Kier alpha value is -0.590. The molecule has 1 aromatic rings. The molecule has 1 atom stereocenters. The van der Waals surface area contributed by atoms with Gasteiger partial charge >= 0.3 is 0 Å². The number of aliphatic hydroxyl groups excluding tert-OH is 2. The van der Waals surface area contributed by atoms with Crippen LogP contribution in [0.2, 0.25) is 0 Å². The van der Waals surface area contributed by atoms with Crippen LogP contribution in [0.25, 0.3) is 0 Å². The highest BCUT2D eigenvalue weighted by Crippen LogP contribution is 2.21. The maximum Gasteiger partial charge on any atom is 0.226 e. The van der Waals surface area contributed by atoms with Crippen molar-refractivity contribution in [2.45, 2.75) is 38.0 Å². The third kappa shape index (κ3) is 4.11. The molecule has 1 unspecified atom stereocenters. The summed E-state index contributed by atoms with van der Waals surface area (Å²) < 4.78 is 5.48. The maximum absolute atomic E-state index is 9.13. The van der Waals surface area contributed by atoms with Crippen LogP contribution < -0.4 is 0 Å². The monoisotopic (exact) mass is 246 g/mol. The zero-order valence-electron chi connectivity index (χ0n) is 9.80. The van der Waals surface area contributed by atoms with Gasteiger partial charge in [0.1, 0.15) is 0 Å². The van der Waals surface area contributed by atoms with E-state index in [9.17, 15) is 0 Å². The third-order valence-electron chi connectivity index (χ3n) is 1.85. The predicted molar refractivity (Wildman–Crippen MR) is 62.3 cm³/mol. The number of hydrogen-bond donors (Lipinski definition) is 2. The summed E-state index contributed by atoms with van der Waals surface area (Å²) in [5.74, 6) is 2.19. The molecule has 0 radical (unpaired) electrons. The lowest BCUT2D eigenvalue weighted by Gasteiger charge is -2.11. The van der Waals surface area contributed by atoms with Gasteiger partial charge in [-0.25, -0.2) is 0 Å². The molecule has 0 spiro atoms. The first kappa shape index (κ1) is 13.5. The third-order valence-corrected chi connectivity index (χ3v) is 2.93. The van der Waals surface area contributed by atoms with E-state index in [-0.39, 0.29) is 12.0 Å². The predicted octanol–water partition coefficient (Wildman–Crippen LogP) is 0.953. The fraction of sp³-hybridized carbons (Fsp3) is 0.800. The SMILES string of the molecule is CC(C)(C)c1nnc(CSCC(O)CO)o1. The topological polar surface area (TPSA) is 79.4 Å². The van der Waals surface area contributed by atoms with Crippen LogP contribution in [0.5, 0.6) is 0 Å². The number of rotatable bonds is 5. The lowest BCUT2D eigenvalue weighted by Crippen LogP contribution is -2.14. The second-order valence-corrected chi connectivity index (χ2v) is 5.63. The Kier molecular flexibility index (Phi) is 4.76. The first-order chi connectivity index (χ1) is 7.43. The van der Waals surface area contributed by atoms with Crippen LogP contribution in [0.3, 0.4) is 0 Å². The maximum atomic E-state index is 9.13. The van der Waals surface area contributed by atoms with Crippen molar-refractivity contribution in [1.29, 1.82) is 0 Å². The molecule has 6 heteroatoms. The van der Waals surface area contributed by atoms with Gasteiger partial charge < -0.3 is 14.6 Å². The van der Waals surface area contributed by atoms with Crippen molar-refractivity contribution in [2.24, 2.45) is 0 Å². The molecule has 1 heterocycles. The molecule has 5 nitrogen and oxygen atoms in total. The fourth-order valence-electron chi connectivity index (χ4n) is 0.950. The number of hydrogen-bond acceptors (Lipinski definition) is 6. The van der Waals surface area contributed by atoms with Crippen LogP contribution >= 0.6 is 11.8 Å². The summed E-state index contributed by atoms with van der Waals surface area (Å²) in [7, 11) is 0. The standard InChI is InChI=1S/C10H18N2O3S/c1-10(2,3)9-12-11-8(15-9)6-16-5-7(14)4-13/h7,13-14H,4-6H2,1-3H3. The Morgan fingerprint density at radius 2 is 2.06 bits per heavy atom. The van der Waals surface area contributed by atoms with E-state index in [0.29, 0.717) is 23.3 Å². The van der Waals surface area contributed by atoms with Crippen LogP contribution in [0, 0.1) is 0 Å². The molecule has 0 bridgehead atoms. The van der Waals surface area contributed by atoms with E-state index in [1.54, 1.807) is 0 Å². The molecule has 0 aliphatic rings. The van der Waals surface area contributed by atoms with Crippen molar-refractivity contribution in [3.63, 3.8) is 0 Å². The van der Waals surface area contributed by atoms with E-state index in [0.717, 1.165) is 0 Å². The summed E-state index contributed by atoms with van der Waals surface area (Å²) in [5.41, 5.74) is -0.138. The van der Waals surface area contributed by atoms with Gasteiger partial charge in [-0.05, 0) is 0 Å². The second-order valence-electron chi connectivity index (χ2n) is 4.60. The van der Waals surface area contributed by atoms with Gasteiger partial charge in [-0.1, -0.05) is 20.8 Å². The number of aromatic nitrogens is 2. The molecular formula is C10H18N2O3S. The Morgan fingerprint density at radius 3 is 2.56 bits per heavy atom. The van der Waals surface area contributed by atoms with Crippen molar-refractivity contribution < 1.29 is 14.6 Å². The minimum Gasteiger partial charge on any atom is -0.424 e. The smallest absolute Gasteiger partial charge is 0.226 e. The number of thioether (sulfide) groups is 1. The highest BCUT2D eigenvalue weighted by Gasteiger charge is 2.21. The van der Waals surface area contributed by atoms with E-state index < -0.39 is 6.10 Å². The van der Waals surface area contributed by atoms with E-state index >= 15 is 0 Å². The Bertz CT molecular complexity index is 322. The highest BCUT2D eigenvalue weighted by molar-refractivity contribution is 7.98. The van der Waals surface area contributed by atoms with Gasteiger partial charge in [-0.2, -0.15) is 0 Å². The Morgan fingerprint density at radius 1 is 1.38 bits per heavy atom.